The van der Waals surface area contributed by atoms with Crippen molar-refractivity contribution >= 4 is 0 Å². The first-order valence-corrected chi connectivity index (χ1v) is 8.34. The van der Waals surface area contributed by atoms with Crippen LogP contribution < -0.4 is 5.32 Å². The molecule has 1 aliphatic rings. The molecular formula is C19H31N. The quantitative estimate of drug-likeness (QED) is 0.740. The van der Waals surface area contributed by atoms with E-state index in [4.69, 9.17) is 0 Å². The monoisotopic (exact) mass is 273 g/mol. The lowest BCUT2D eigenvalue weighted by atomic mass is 9.77. The van der Waals surface area contributed by atoms with Gasteiger partial charge in [0, 0.05) is 6.54 Å². The van der Waals surface area contributed by atoms with Crippen molar-refractivity contribution in [3.05, 3.63) is 34.4 Å². The third-order valence-corrected chi connectivity index (χ3v) is 4.98. The maximum absolute atomic E-state index is 3.69. The second-order valence-corrected chi connectivity index (χ2v) is 6.94. The molecule has 1 saturated carbocycles. The summed E-state index contributed by atoms with van der Waals surface area (Å²) in [5, 5.41) is 3.69. The Balaban J connectivity index is 2.16. The minimum Gasteiger partial charge on any atom is -0.316 e. The Morgan fingerprint density at radius 3 is 2.20 bits per heavy atom. The van der Waals surface area contributed by atoms with Gasteiger partial charge >= 0.3 is 0 Å². The largest absolute Gasteiger partial charge is 0.316 e. The number of aryl methyl sites for hydroxylation is 3. The van der Waals surface area contributed by atoms with E-state index in [1.54, 1.807) is 5.56 Å². The number of nitrogens with one attached hydrogen (secondary N) is 1. The van der Waals surface area contributed by atoms with Gasteiger partial charge in [-0.25, -0.2) is 0 Å². The molecule has 0 saturated heterocycles. The Morgan fingerprint density at radius 2 is 1.65 bits per heavy atom. The first-order valence-electron chi connectivity index (χ1n) is 8.34. The Bertz CT molecular complexity index is 418. The molecule has 1 aromatic rings. The van der Waals surface area contributed by atoms with E-state index in [-0.39, 0.29) is 0 Å². The maximum Gasteiger partial charge on any atom is 0.00110 e. The van der Waals surface area contributed by atoms with Gasteiger partial charge in [-0.05, 0) is 75.1 Å². The highest BCUT2D eigenvalue weighted by Gasteiger charge is 2.34. The van der Waals surface area contributed by atoms with E-state index in [1.165, 1.54) is 61.8 Å². The highest BCUT2D eigenvalue weighted by atomic mass is 14.9. The van der Waals surface area contributed by atoms with Crippen molar-refractivity contribution in [1.82, 2.24) is 5.32 Å². The second kappa shape index (κ2) is 6.76. The zero-order chi connectivity index (χ0) is 14.6. The molecule has 0 atom stereocenters. The molecule has 1 aliphatic carbocycles. The predicted octanol–water partition coefficient (Wildman–Crippen LogP) is 4.71. The van der Waals surface area contributed by atoms with Crippen LogP contribution in [0.5, 0.6) is 0 Å². The first kappa shape index (κ1) is 15.6. The molecule has 1 fully saturated rings. The second-order valence-electron chi connectivity index (χ2n) is 6.94. The first-order chi connectivity index (χ1) is 9.56. The van der Waals surface area contributed by atoms with Crippen molar-refractivity contribution in [1.29, 1.82) is 0 Å². The van der Waals surface area contributed by atoms with Crippen molar-refractivity contribution in [2.45, 2.75) is 66.2 Å². The number of hydrogen-bond acceptors (Lipinski definition) is 1. The van der Waals surface area contributed by atoms with Gasteiger partial charge in [0.15, 0.2) is 0 Å². The van der Waals surface area contributed by atoms with Gasteiger partial charge in [0.1, 0.15) is 0 Å². The van der Waals surface area contributed by atoms with Gasteiger partial charge in [-0.15, -0.1) is 0 Å². The van der Waals surface area contributed by atoms with Crippen LogP contribution in [0.15, 0.2) is 12.1 Å². The summed E-state index contributed by atoms with van der Waals surface area (Å²) < 4.78 is 0. The van der Waals surface area contributed by atoms with Gasteiger partial charge in [-0.1, -0.05) is 37.5 Å². The molecular weight excluding hydrogens is 242 g/mol. The fourth-order valence-electron chi connectivity index (χ4n) is 3.94. The van der Waals surface area contributed by atoms with E-state index in [2.05, 4.69) is 45.1 Å². The fourth-order valence-corrected chi connectivity index (χ4v) is 3.94. The topological polar surface area (TPSA) is 12.0 Å². The van der Waals surface area contributed by atoms with E-state index in [0.29, 0.717) is 5.41 Å². The van der Waals surface area contributed by atoms with Crippen LogP contribution in [0, 0.1) is 26.2 Å². The van der Waals surface area contributed by atoms with Crippen molar-refractivity contribution in [3.63, 3.8) is 0 Å². The van der Waals surface area contributed by atoms with Crippen molar-refractivity contribution in [2.24, 2.45) is 5.41 Å². The Morgan fingerprint density at radius 1 is 1.05 bits per heavy atom. The van der Waals surface area contributed by atoms with Gasteiger partial charge in [0.25, 0.3) is 0 Å². The third kappa shape index (κ3) is 3.63. The molecule has 1 heteroatoms. The molecule has 1 aromatic carbocycles. The van der Waals surface area contributed by atoms with E-state index in [0.717, 1.165) is 6.54 Å². The molecule has 0 spiro atoms. The molecule has 0 aromatic heterocycles. The van der Waals surface area contributed by atoms with E-state index < -0.39 is 0 Å². The normalized spacial score (nSPS) is 17.6. The number of benzene rings is 1. The van der Waals surface area contributed by atoms with Crippen LogP contribution >= 0.6 is 0 Å². The average molecular weight is 273 g/mol. The molecule has 0 bridgehead atoms. The van der Waals surface area contributed by atoms with E-state index in [1.807, 2.05) is 0 Å². The van der Waals surface area contributed by atoms with Crippen LogP contribution in [-0.2, 0) is 6.42 Å². The minimum absolute atomic E-state index is 0.514. The van der Waals surface area contributed by atoms with Crippen molar-refractivity contribution in [3.8, 4) is 0 Å². The summed E-state index contributed by atoms with van der Waals surface area (Å²) in [7, 11) is 0. The summed E-state index contributed by atoms with van der Waals surface area (Å²) in [5.74, 6) is 0. The molecule has 2 rings (SSSR count). The van der Waals surface area contributed by atoms with Crippen LogP contribution in [0.4, 0.5) is 0 Å². The molecule has 0 unspecified atom stereocenters. The van der Waals surface area contributed by atoms with Gasteiger partial charge in [0.05, 0.1) is 0 Å². The van der Waals surface area contributed by atoms with Gasteiger partial charge in [-0.3, -0.25) is 0 Å². The van der Waals surface area contributed by atoms with Crippen molar-refractivity contribution in [2.75, 3.05) is 13.1 Å². The third-order valence-electron chi connectivity index (χ3n) is 4.98. The molecule has 20 heavy (non-hydrogen) atoms. The summed E-state index contributed by atoms with van der Waals surface area (Å²) >= 11 is 0. The lowest BCUT2D eigenvalue weighted by molar-refractivity contribution is 0.277. The Hall–Kier alpha value is -0.820. The zero-order valence-corrected chi connectivity index (χ0v) is 13.8. The Labute approximate surface area is 125 Å². The molecule has 112 valence electrons. The molecule has 1 N–H and O–H groups in total. The SMILES string of the molecule is CCCNCC1(Cc2c(C)cc(C)cc2C)CCCC1. The van der Waals surface area contributed by atoms with E-state index in [9.17, 15) is 0 Å². The summed E-state index contributed by atoms with van der Waals surface area (Å²) in [5.41, 5.74) is 6.50. The Kier molecular flexibility index (Phi) is 5.26. The molecule has 0 aliphatic heterocycles. The molecule has 0 heterocycles. The average Bonchev–Trinajstić information content (AvgIpc) is 2.83. The van der Waals surface area contributed by atoms with Crippen LogP contribution in [0.25, 0.3) is 0 Å². The van der Waals surface area contributed by atoms with Crippen molar-refractivity contribution < 1.29 is 0 Å². The predicted molar refractivity (Wildman–Crippen MR) is 88.4 cm³/mol. The highest BCUT2D eigenvalue weighted by Crippen LogP contribution is 2.41. The highest BCUT2D eigenvalue weighted by molar-refractivity contribution is 5.38. The lowest BCUT2D eigenvalue weighted by Gasteiger charge is -2.31. The van der Waals surface area contributed by atoms with Crippen LogP contribution in [0.2, 0.25) is 0 Å². The smallest absolute Gasteiger partial charge is 0.00110 e. The lowest BCUT2D eigenvalue weighted by Crippen LogP contribution is -2.34. The maximum atomic E-state index is 3.69. The summed E-state index contributed by atoms with van der Waals surface area (Å²) in [6.45, 7) is 11.4. The summed E-state index contributed by atoms with van der Waals surface area (Å²) in [6, 6.07) is 4.70. The standard InChI is InChI=1S/C19H31N/c1-5-10-20-14-19(8-6-7-9-19)13-18-16(3)11-15(2)12-17(18)4/h11-12,20H,5-10,13-14H2,1-4H3. The minimum atomic E-state index is 0.514. The zero-order valence-electron chi connectivity index (χ0n) is 13.8. The van der Waals surface area contributed by atoms with Crippen LogP contribution in [-0.4, -0.2) is 13.1 Å². The fraction of sp³-hybridized carbons (Fsp3) is 0.684. The van der Waals surface area contributed by atoms with Crippen LogP contribution in [0.1, 0.15) is 61.3 Å². The molecule has 1 nitrogen and oxygen atoms in total. The molecule has 0 radical (unpaired) electrons. The van der Waals surface area contributed by atoms with Gasteiger partial charge in [0.2, 0.25) is 0 Å². The number of rotatable bonds is 6. The summed E-state index contributed by atoms with van der Waals surface area (Å²) in [6.07, 6.45) is 8.13. The van der Waals surface area contributed by atoms with Crippen LogP contribution in [0.3, 0.4) is 0 Å². The van der Waals surface area contributed by atoms with Gasteiger partial charge in [-0.2, -0.15) is 0 Å². The number of hydrogen-bond donors (Lipinski definition) is 1. The van der Waals surface area contributed by atoms with E-state index >= 15 is 0 Å². The van der Waals surface area contributed by atoms with Gasteiger partial charge < -0.3 is 5.32 Å². The summed E-state index contributed by atoms with van der Waals surface area (Å²) in [4.78, 5) is 0. The molecule has 0 amide bonds.